The van der Waals surface area contributed by atoms with Gasteiger partial charge in [-0.05, 0) is 36.7 Å². The smallest absolute Gasteiger partial charge is 0.407 e. The molecule has 0 atom stereocenters. The zero-order valence-electron chi connectivity index (χ0n) is 12.2. The fraction of sp³-hybridized carbons (Fsp3) is 0.429. The van der Waals surface area contributed by atoms with Gasteiger partial charge in [-0.25, -0.2) is 4.79 Å². The van der Waals surface area contributed by atoms with Crippen LogP contribution in [0.1, 0.15) is 32.8 Å². The lowest BCUT2D eigenvalue weighted by Crippen LogP contribution is -2.32. The molecule has 0 aliphatic rings. The monoisotopic (exact) mass is 291 g/mol. The molecule has 0 saturated heterocycles. The molecule has 0 spiro atoms. The van der Waals surface area contributed by atoms with Crippen LogP contribution in [0.3, 0.4) is 0 Å². The van der Waals surface area contributed by atoms with Gasteiger partial charge < -0.3 is 20.2 Å². The highest BCUT2D eigenvalue weighted by Crippen LogP contribution is 2.07. The van der Waals surface area contributed by atoms with E-state index in [1.165, 1.54) is 18.3 Å². The molecule has 0 aliphatic carbocycles. The predicted molar refractivity (Wildman–Crippen MR) is 76.6 cm³/mol. The van der Waals surface area contributed by atoms with E-state index in [0.29, 0.717) is 18.5 Å². The molecule has 1 aromatic heterocycles. The average Bonchev–Trinajstić information content (AvgIpc) is 2.36. The largest absolute Gasteiger partial charge is 0.444 e. The number of aromatic nitrogens is 1. The molecule has 1 aromatic rings. The third kappa shape index (κ3) is 6.92. The van der Waals surface area contributed by atoms with Crippen LogP contribution in [0.25, 0.3) is 0 Å². The van der Waals surface area contributed by atoms with E-state index in [1.807, 2.05) is 0 Å². The number of carbonyl (C=O) groups is 1. The summed E-state index contributed by atoms with van der Waals surface area (Å²) in [6.45, 7) is 5.72. The van der Waals surface area contributed by atoms with Crippen molar-refractivity contribution in [3.63, 3.8) is 0 Å². The first-order chi connectivity index (χ1) is 9.78. The molecule has 1 rings (SSSR count). The van der Waals surface area contributed by atoms with Gasteiger partial charge in [-0.15, -0.1) is 0 Å². The highest BCUT2D eigenvalue weighted by molar-refractivity contribution is 5.67. The third-order valence-corrected chi connectivity index (χ3v) is 2.09. The fourth-order valence-corrected chi connectivity index (χ4v) is 1.27. The van der Waals surface area contributed by atoms with E-state index in [-0.39, 0.29) is 5.82 Å². The fourth-order valence-electron chi connectivity index (χ4n) is 1.27. The van der Waals surface area contributed by atoms with E-state index >= 15 is 0 Å². The molecule has 0 fully saturated rings. The Hall–Kier alpha value is -2.62. The van der Waals surface area contributed by atoms with Crippen molar-refractivity contribution in [3.8, 4) is 11.8 Å². The minimum atomic E-state index is -0.567. The minimum Gasteiger partial charge on any atom is -0.444 e. The highest BCUT2D eigenvalue weighted by Gasteiger charge is 2.15. The van der Waals surface area contributed by atoms with Gasteiger partial charge in [0.15, 0.2) is 6.20 Å². The predicted octanol–water partition coefficient (Wildman–Crippen LogP) is 2.26. The van der Waals surface area contributed by atoms with Gasteiger partial charge in [-0.2, -0.15) is 0 Å². The molecular weight excluding hydrogens is 274 g/mol. The molecule has 1 heterocycles. The maximum Gasteiger partial charge on any atom is 0.407 e. The Morgan fingerprint density at radius 2 is 2.19 bits per heavy atom. The van der Waals surface area contributed by atoms with Crippen molar-refractivity contribution in [1.82, 2.24) is 10.3 Å². The highest BCUT2D eigenvalue weighted by atomic mass is 16.6. The standard InChI is InChI=1S/C14H17N3O4/c1-14(2,3)21-13(18)15-9-5-4-6-11-7-8-12(16-10-11)17(19)20/h7-8,10H,5,9H2,1-3H3,(H,15,18). The number of hydrogen-bond acceptors (Lipinski definition) is 5. The van der Waals surface area contributed by atoms with Crippen LogP contribution in [-0.4, -0.2) is 28.1 Å². The average molecular weight is 291 g/mol. The summed E-state index contributed by atoms with van der Waals surface area (Å²) in [7, 11) is 0. The summed E-state index contributed by atoms with van der Waals surface area (Å²) in [5.74, 6) is 5.43. The number of pyridine rings is 1. The number of amides is 1. The molecule has 7 nitrogen and oxygen atoms in total. The number of nitrogens with one attached hydrogen (secondary N) is 1. The normalized spacial score (nSPS) is 10.2. The summed E-state index contributed by atoms with van der Waals surface area (Å²) in [6, 6.07) is 2.82. The molecule has 0 saturated carbocycles. The summed E-state index contributed by atoms with van der Waals surface area (Å²) in [4.78, 5) is 24.9. The second kappa shape index (κ2) is 7.24. The molecule has 1 N–H and O–H groups in total. The van der Waals surface area contributed by atoms with Crippen LogP contribution in [0.2, 0.25) is 0 Å². The second-order valence-corrected chi connectivity index (χ2v) is 5.14. The first-order valence-corrected chi connectivity index (χ1v) is 6.34. The van der Waals surface area contributed by atoms with E-state index in [0.717, 1.165) is 0 Å². The van der Waals surface area contributed by atoms with E-state index in [9.17, 15) is 14.9 Å². The van der Waals surface area contributed by atoms with E-state index in [1.54, 1.807) is 20.8 Å². The molecule has 21 heavy (non-hydrogen) atoms. The topological polar surface area (TPSA) is 94.4 Å². The summed E-state index contributed by atoms with van der Waals surface area (Å²) in [5, 5.41) is 13.0. The SMILES string of the molecule is CC(C)(C)OC(=O)NCCC#Cc1ccc([N+](=O)[O-])nc1. The molecule has 112 valence electrons. The Bertz CT molecular complexity index is 565. The molecular formula is C14H17N3O4. The van der Waals surface area contributed by atoms with E-state index < -0.39 is 16.6 Å². The summed E-state index contributed by atoms with van der Waals surface area (Å²) in [5.41, 5.74) is 0.0538. The van der Waals surface area contributed by atoms with Gasteiger partial charge in [0.2, 0.25) is 0 Å². The van der Waals surface area contributed by atoms with Crippen LogP contribution in [0.15, 0.2) is 18.3 Å². The lowest BCUT2D eigenvalue weighted by molar-refractivity contribution is -0.389. The van der Waals surface area contributed by atoms with Crippen molar-refractivity contribution in [2.45, 2.75) is 32.8 Å². The van der Waals surface area contributed by atoms with Crippen molar-refractivity contribution in [3.05, 3.63) is 34.0 Å². The minimum absolute atomic E-state index is 0.216. The van der Waals surface area contributed by atoms with Gasteiger partial charge in [-0.1, -0.05) is 11.8 Å². The second-order valence-electron chi connectivity index (χ2n) is 5.14. The van der Waals surface area contributed by atoms with Crippen molar-refractivity contribution < 1.29 is 14.5 Å². The van der Waals surface area contributed by atoms with Gasteiger partial charge in [0.1, 0.15) is 5.60 Å². The maximum absolute atomic E-state index is 11.3. The number of ether oxygens (including phenoxy) is 1. The number of carbonyl (C=O) groups excluding carboxylic acids is 1. The molecule has 0 aromatic carbocycles. The Kier molecular flexibility index (Phi) is 5.67. The van der Waals surface area contributed by atoms with E-state index in [2.05, 4.69) is 22.1 Å². The summed E-state index contributed by atoms with van der Waals surface area (Å²) in [6.07, 6.45) is 1.30. The zero-order chi connectivity index (χ0) is 15.9. The molecule has 0 unspecified atom stereocenters. The molecule has 1 amide bonds. The number of nitrogens with zero attached hydrogens (tertiary/aromatic N) is 2. The first-order valence-electron chi connectivity index (χ1n) is 6.34. The van der Waals surface area contributed by atoms with E-state index in [4.69, 9.17) is 4.74 Å². The lowest BCUT2D eigenvalue weighted by Gasteiger charge is -2.19. The van der Waals surface area contributed by atoms with Crippen molar-refractivity contribution in [1.29, 1.82) is 0 Å². The van der Waals surface area contributed by atoms with Crippen molar-refractivity contribution in [2.24, 2.45) is 0 Å². The number of hydrogen-bond donors (Lipinski definition) is 1. The number of alkyl carbamates (subject to hydrolysis) is 1. The zero-order valence-corrected chi connectivity index (χ0v) is 12.2. The third-order valence-electron chi connectivity index (χ3n) is 2.09. The van der Waals surface area contributed by atoms with Crippen molar-refractivity contribution in [2.75, 3.05) is 6.54 Å². The Morgan fingerprint density at radius 3 is 2.71 bits per heavy atom. The van der Waals surface area contributed by atoms with Crippen LogP contribution >= 0.6 is 0 Å². The quantitative estimate of drug-likeness (QED) is 0.399. The first kappa shape index (κ1) is 16.4. The van der Waals surface area contributed by atoms with Gasteiger partial charge in [0, 0.05) is 19.0 Å². The Labute approximate surface area is 122 Å². The summed E-state index contributed by atoms with van der Waals surface area (Å²) < 4.78 is 5.07. The molecule has 0 radical (unpaired) electrons. The van der Waals surface area contributed by atoms with Gasteiger partial charge in [0.25, 0.3) is 0 Å². The Balaban J connectivity index is 2.36. The van der Waals surface area contributed by atoms with Crippen LogP contribution in [0.4, 0.5) is 10.6 Å². The van der Waals surface area contributed by atoms with Gasteiger partial charge >= 0.3 is 11.9 Å². The van der Waals surface area contributed by atoms with Crippen LogP contribution in [0.5, 0.6) is 0 Å². The van der Waals surface area contributed by atoms with Gasteiger partial charge in [-0.3, -0.25) is 0 Å². The van der Waals surface area contributed by atoms with Crippen LogP contribution < -0.4 is 5.32 Å². The van der Waals surface area contributed by atoms with Crippen molar-refractivity contribution >= 4 is 11.9 Å². The van der Waals surface area contributed by atoms with Gasteiger partial charge in [0.05, 0.1) is 5.56 Å². The molecule has 0 bridgehead atoms. The number of nitro groups is 1. The summed E-state index contributed by atoms with van der Waals surface area (Å²) >= 11 is 0. The van der Waals surface area contributed by atoms with Crippen LogP contribution in [-0.2, 0) is 4.74 Å². The lowest BCUT2D eigenvalue weighted by atomic mass is 10.2. The molecule has 7 heteroatoms. The molecule has 0 aliphatic heterocycles. The number of rotatable bonds is 3. The van der Waals surface area contributed by atoms with Crippen LogP contribution in [0, 0.1) is 22.0 Å². The maximum atomic E-state index is 11.3. The Morgan fingerprint density at radius 1 is 1.48 bits per heavy atom.